The lowest BCUT2D eigenvalue weighted by Gasteiger charge is -2.13. The van der Waals surface area contributed by atoms with E-state index in [1.54, 1.807) is 0 Å². The first-order valence-corrected chi connectivity index (χ1v) is 7.13. The van der Waals surface area contributed by atoms with Crippen molar-refractivity contribution in [2.75, 3.05) is 26.3 Å². The molecule has 0 aromatic heterocycles. The summed E-state index contributed by atoms with van der Waals surface area (Å²) in [6, 6.07) is 0. The van der Waals surface area contributed by atoms with E-state index in [4.69, 9.17) is 4.74 Å². The molecule has 0 fully saturated rings. The van der Waals surface area contributed by atoms with Crippen LogP contribution in [-0.4, -0.2) is 37.5 Å². The van der Waals surface area contributed by atoms with Gasteiger partial charge in [0, 0.05) is 13.2 Å². The second-order valence-electron chi connectivity index (χ2n) is 5.20. The van der Waals surface area contributed by atoms with Gasteiger partial charge in [-0.3, -0.25) is 0 Å². The zero-order chi connectivity index (χ0) is 12.9. The van der Waals surface area contributed by atoms with Crippen molar-refractivity contribution in [3.8, 4) is 0 Å². The summed E-state index contributed by atoms with van der Waals surface area (Å²) in [5.74, 6) is 0.627. The lowest BCUT2D eigenvalue weighted by atomic mass is 10.2. The molecule has 1 unspecified atom stereocenters. The van der Waals surface area contributed by atoms with Crippen LogP contribution in [0.3, 0.4) is 0 Å². The van der Waals surface area contributed by atoms with E-state index in [1.165, 1.54) is 25.7 Å². The van der Waals surface area contributed by atoms with Crippen molar-refractivity contribution in [1.29, 1.82) is 0 Å². The summed E-state index contributed by atoms with van der Waals surface area (Å²) in [5.41, 5.74) is 0. The van der Waals surface area contributed by atoms with Crippen LogP contribution in [0.2, 0.25) is 0 Å². The molecule has 2 N–H and O–H groups in total. The Morgan fingerprint density at radius 2 is 1.76 bits per heavy atom. The minimum absolute atomic E-state index is 0.371. The zero-order valence-electron chi connectivity index (χ0n) is 11.9. The lowest BCUT2D eigenvalue weighted by Crippen LogP contribution is -2.32. The van der Waals surface area contributed by atoms with Gasteiger partial charge >= 0.3 is 0 Å². The number of rotatable bonds is 12. The van der Waals surface area contributed by atoms with Crippen LogP contribution < -0.4 is 5.32 Å². The van der Waals surface area contributed by atoms with Crippen LogP contribution in [0.25, 0.3) is 0 Å². The fourth-order valence-electron chi connectivity index (χ4n) is 1.62. The third-order valence-electron chi connectivity index (χ3n) is 2.64. The van der Waals surface area contributed by atoms with Crippen molar-refractivity contribution in [3.63, 3.8) is 0 Å². The van der Waals surface area contributed by atoms with Gasteiger partial charge in [-0.15, -0.1) is 0 Å². The molecule has 0 aromatic rings. The summed E-state index contributed by atoms with van der Waals surface area (Å²) in [7, 11) is 0. The van der Waals surface area contributed by atoms with Gasteiger partial charge < -0.3 is 15.2 Å². The molecule has 0 saturated carbocycles. The van der Waals surface area contributed by atoms with Crippen LogP contribution in [0.15, 0.2) is 0 Å². The van der Waals surface area contributed by atoms with Gasteiger partial charge in [0.1, 0.15) is 0 Å². The number of hydrogen-bond acceptors (Lipinski definition) is 3. The van der Waals surface area contributed by atoms with Crippen molar-refractivity contribution < 1.29 is 9.84 Å². The standard InChI is InChI=1S/C14H31NO2/c1-4-5-6-7-8-9-17-12-14(16)11-15-10-13(2)3/h13-16H,4-12H2,1-3H3. The van der Waals surface area contributed by atoms with Crippen molar-refractivity contribution >= 4 is 0 Å². The Kier molecular flexibility index (Phi) is 12.3. The van der Waals surface area contributed by atoms with E-state index in [9.17, 15) is 5.11 Å². The monoisotopic (exact) mass is 245 g/mol. The molecule has 17 heavy (non-hydrogen) atoms. The molecule has 0 aliphatic carbocycles. The van der Waals surface area contributed by atoms with Gasteiger partial charge in [0.2, 0.25) is 0 Å². The molecule has 0 radical (unpaired) electrons. The van der Waals surface area contributed by atoms with Crippen molar-refractivity contribution in [1.82, 2.24) is 5.32 Å². The highest BCUT2D eigenvalue weighted by molar-refractivity contribution is 4.59. The quantitative estimate of drug-likeness (QED) is 0.519. The van der Waals surface area contributed by atoms with E-state index in [1.807, 2.05) is 0 Å². The van der Waals surface area contributed by atoms with Gasteiger partial charge in [-0.25, -0.2) is 0 Å². The predicted octanol–water partition coefficient (Wildman–Crippen LogP) is 2.58. The summed E-state index contributed by atoms with van der Waals surface area (Å²) in [6.45, 7) is 9.36. The molecule has 104 valence electrons. The van der Waals surface area contributed by atoms with E-state index >= 15 is 0 Å². The van der Waals surface area contributed by atoms with E-state index in [-0.39, 0.29) is 6.10 Å². The first-order valence-electron chi connectivity index (χ1n) is 7.13. The molecule has 0 heterocycles. The van der Waals surface area contributed by atoms with Gasteiger partial charge in [-0.05, 0) is 18.9 Å². The van der Waals surface area contributed by atoms with Crippen molar-refractivity contribution in [3.05, 3.63) is 0 Å². The number of hydrogen-bond donors (Lipinski definition) is 2. The van der Waals surface area contributed by atoms with Gasteiger partial charge in [-0.1, -0.05) is 46.5 Å². The van der Waals surface area contributed by atoms with Crippen molar-refractivity contribution in [2.45, 2.75) is 59.0 Å². The maximum absolute atomic E-state index is 9.62. The van der Waals surface area contributed by atoms with Crippen LogP contribution in [0.4, 0.5) is 0 Å². The van der Waals surface area contributed by atoms with Gasteiger partial charge in [0.15, 0.2) is 0 Å². The second-order valence-corrected chi connectivity index (χ2v) is 5.20. The molecule has 0 bridgehead atoms. The summed E-state index contributed by atoms with van der Waals surface area (Å²) < 4.78 is 5.44. The molecule has 0 aromatic carbocycles. The largest absolute Gasteiger partial charge is 0.389 e. The van der Waals surface area contributed by atoms with Gasteiger partial charge in [0.05, 0.1) is 12.7 Å². The zero-order valence-corrected chi connectivity index (χ0v) is 11.9. The summed E-state index contributed by atoms with van der Waals surface area (Å²) in [5, 5.41) is 12.8. The first kappa shape index (κ1) is 16.9. The smallest absolute Gasteiger partial charge is 0.0897 e. The van der Waals surface area contributed by atoms with E-state index in [0.29, 0.717) is 19.1 Å². The number of unbranched alkanes of at least 4 members (excludes halogenated alkanes) is 4. The average molecular weight is 245 g/mol. The Balaban J connectivity index is 3.13. The normalized spacial score (nSPS) is 13.2. The highest BCUT2D eigenvalue weighted by Crippen LogP contribution is 2.02. The summed E-state index contributed by atoms with van der Waals surface area (Å²) in [4.78, 5) is 0. The SMILES string of the molecule is CCCCCCCOCC(O)CNCC(C)C. The van der Waals surface area contributed by atoms with E-state index in [0.717, 1.165) is 19.6 Å². The Labute approximate surface area is 107 Å². The van der Waals surface area contributed by atoms with Crippen LogP contribution in [0.5, 0.6) is 0 Å². The predicted molar refractivity (Wildman–Crippen MR) is 73.3 cm³/mol. The average Bonchev–Trinajstić information content (AvgIpc) is 2.27. The van der Waals surface area contributed by atoms with E-state index < -0.39 is 0 Å². The maximum atomic E-state index is 9.62. The molecule has 0 aliphatic rings. The second kappa shape index (κ2) is 12.3. The fourth-order valence-corrected chi connectivity index (χ4v) is 1.62. The number of aliphatic hydroxyl groups is 1. The lowest BCUT2D eigenvalue weighted by molar-refractivity contribution is 0.0352. The highest BCUT2D eigenvalue weighted by Gasteiger charge is 2.03. The molecule has 0 saturated heterocycles. The molecule has 3 nitrogen and oxygen atoms in total. The highest BCUT2D eigenvalue weighted by atomic mass is 16.5. The van der Waals surface area contributed by atoms with Crippen molar-refractivity contribution in [2.24, 2.45) is 5.92 Å². The summed E-state index contributed by atoms with van der Waals surface area (Å²) >= 11 is 0. The molecular formula is C14H31NO2. The van der Waals surface area contributed by atoms with Crippen LogP contribution in [0.1, 0.15) is 52.9 Å². The Bertz CT molecular complexity index is 151. The van der Waals surface area contributed by atoms with Gasteiger partial charge in [0.25, 0.3) is 0 Å². The van der Waals surface area contributed by atoms with Crippen LogP contribution in [-0.2, 0) is 4.74 Å². The molecule has 0 aliphatic heterocycles. The summed E-state index contributed by atoms with van der Waals surface area (Å²) in [6.07, 6.45) is 5.90. The first-order chi connectivity index (χ1) is 8.16. The molecule has 0 amide bonds. The third kappa shape index (κ3) is 13.8. The minimum atomic E-state index is -0.371. The molecule has 3 heteroatoms. The minimum Gasteiger partial charge on any atom is -0.389 e. The Morgan fingerprint density at radius 1 is 1.06 bits per heavy atom. The molecular weight excluding hydrogens is 214 g/mol. The third-order valence-corrected chi connectivity index (χ3v) is 2.64. The topological polar surface area (TPSA) is 41.5 Å². The van der Waals surface area contributed by atoms with Crippen LogP contribution >= 0.6 is 0 Å². The van der Waals surface area contributed by atoms with Crippen LogP contribution in [0, 0.1) is 5.92 Å². The maximum Gasteiger partial charge on any atom is 0.0897 e. The van der Waals surface area contributed by atoms with Gasteiger partial charge in [-0.2, -0.15) is 0 Å². The fraction of sp³-hybridized carbons (Fsp3) is 1.00. The number of ether oxygens (including phenoxy) is 1. The molecule has 0 spiro atoms. The van der Waals surface area contributed by atoms with E-state index in [2.05, 4.69) is 26.1 Å². The number of nitrogens with one attached hydrogen (secondary N) is 1. The Hall–Kier alpha value is -0.120. The number of aliphatic hydroxyl groups excluding tert-OH is 1. The Morgan fingerprint density at radius 3 is 2.41 bits per heavy atom. The molecule has 0 rings (SSSR count). The molecule has 1 atom stereocenters.